The Labute approximate surface area is 78.6 Å². The Balaban J connectivity index is 1.90. The molecule has 1 aliphatic carbocycles. The van der Waals surface area contributed by atoms with E-state index in [0.717, 1.165) is 32.4 Å². The van der Waals surface area contributed by atoms with Gasteiger partial charge in [0.1, 0.15) is 0 Å². The van der Waals surface area contributed by atoms with E-state index < -0.39 is 0 Å². The smallest absolute Gasteiger partial charge is 0.246 e. The molecule has 0 aromatic rings. The van der Waals surface area contributed by atoms with E-state index in [9.17, 15) is 4.79 Å². The van der Waals surface area contributed by atoms with Crippen LogP contribution in [0.5, 0.6) is 0 Å². The van der Waals surface area contributed by atoms with Crippen LogP contribution in [0.2, 0.25) is 0 Å². The standard InChI is InChI=1S/C10H16N2O/c11-9-4-5-12(7-9)10(13)6-8-2-1-3-8/h6,9H,1-5,7,11H2/t9-/m0/s1. The minimum atomic E-state index is 0.169. The fourth-order valence-corrected chi connectivity index (χ4v) is 1.78. The summed E-state index contributed by atoms with van der Waals surface area (Å²) in [6, 6.07) is 0.198. The third-order valence-corrected chi connectivity index (χ3v) is 2.86. The van der Waals surface area contributed by atoms with Crippen molar-refractivity contribution in [3.63, 3.8) is 0 Å². The Morgan fingerprint density at radius 1 is 1.54 bits per heavy atom. The lowest BCUT2D eigenvalue weighted by Crippen LogP contribution is -2.31. The first-order chi connectivity index (χ1) is 6.25. The molecule has 1 atom stereocenters. The molecule has 1 aliphatic heterocycles. The zero-order chi connectivity index (χ0) is 9.26. The molecule has 1 saturated carbocycles. The van der Waals surface area contributed by atoms with Crippen molar-refractivity contribution >= 4 is 5.91 Å². The third kappa shape index (κ3) is 1.91. The van der Waals surface area contributed by atoms with Gasteiger partial charge in [-0.3, -0.25) is 4.79 Å². The summed E-state index contributed by atoms with van der Waals surface area (Å²) in [5, 5.41) is 0. The average molecular weight is 180 g/mol. The molecule has 0 aromatic heterocycles. The Bertz CT molecular complexity index is 241. The summed E-state index contributed by atoms with van der Waals surface area (Å²) in [5.74, 6) is 0.169. The van der Waals surface area contributed by atoms with E-state index in [2.05, 4.69) is 0 Å². The number of nitrogens with two attached hydrogens (primary N) is 1. The second-order valence-corrected chi connectivity index (χ2v) is 3.99. The van der Waals surface area contributed by atoms with E-state index in [0.29, 0.717) is 0 Å². The van der Waals surface area contributed by atoms with E-state index >= 15 is 0 Å². The van der Waals surface area contributed by atoms with Gasteiger partial charge in [0, 0.05) is 25.2 Å². The fraction of sp³-hybridized carbons (Fsp3) is 0.700. The number of nitrogens with zero attached hydrogens (tertiary/aromatic N) is 1. The summed E-state index contributed by atoms with van der Waals surface area (Å²) >= 11 is 0. The quantitative estimate of drug-likeness (QED) is 0.602. The number of carbonyl (C=O) groups excluding carboxylic acids is 1. The molecule has 0 aromatic carbocycles. The fourth-order valence-electron chi connectivity index (χ4n) is 1.78. The highest BCUT2D eigenvalue weighted by molar-refractivity contribution is 5.88. The summed E-state index contributed by atoms with van der Waals surface area (Å²) in [6.45, 7) is 1.58. The van der Waals surface area contributed by atoms with Crippen LogP contribution < -0.4 is 5.73 Å². The van der Waals surface area contributed by atoms with Crippen molar-refractivity contribution in [1.82, 2.24) is 4.90 Å². The Kier molecular flexibility index (Phi) is 2.36. The van der Waals surface area contributed by atoms with Crippen molar-refractivity contribution in [2.75, 3.05) is 13.1 Å². The van der Waals surface area contributed by atoms with Gasteiger partial charge in [0.25, 0.3) is 0 Å². The first-order valence-electron chi connectivity index (χ1n) is 4.99. The Hall–Kier alpha value is -0.830. The van der Waals surface area contributed by atoms with Crippen LogP contribution in [0.25, 0.3) is 0 Å². The van der Waals surface area contributed by atoms with Gasteiger partial charge >= 0.3 is 0 Å². The molecule has 2 N–H and O–H groups in total. The highest BCUT2D eigenvalue weighted by Gasteiger charge is 2.23. The van der Waals surface area contributed by atoms with Gasteiger partial charge in [-0.25, -0.2) is 0 Å². The van der Waals surface area contributed by atoms with Crippen LogP contribution in [0.1, 0.15) is 25.7 Å². The summed E-state index contributed by atoms with van der Waals surface area (Å²) in [5.41, 5.74) is 7.04. The summed E-state index contributed by atoms with van der Waals surface area (Å²) in [6.07, 6.45) is 6.24. The zero-order valence-electron chi connectivity index (χ0n) is 7.83. The second kappa shape index (κ2) is 3.50. The van der Waals surface area contributed by atoms with Crippen LogP contribution in [-0.4, -0.2) is 29.9 Å². The van der Waals surface area contributed by atoms with Gasteiger partial charge in [0.2, 0.25) is 5.91 Å². The van der Waals surface area contributed by atoms with E-state index in [-0.39, 0.29) is 11.9 Å². The molecule has 0 radical (unpaired) electrons. The molecule has 3 nitrogen and oxygen atoms in total. The van der Waals surface area contributed by atoms with Crippen LogP contribution >= 0.6 is 0 Å². The van der Waals surface area contributed by atoms with Crippen molar-refractivity contribution in [2.45, 2.75) is 31.7 Å². The molecule has 2 fully saturated rings. The van der Waals surface area contributed by atoms with Crippen molar-refractivity contribution in [1.29, 1.82) is 0 Å². The number of amides is 1. The minimum absolute atomic E-state index is 0.169. The zero-order valence-corrected chi connectivity index (χ0v) is 7.83. The molecule has 1 saturated heterocycles. The lowest BCUT2D eigenvalue weighted by Gasteiger charge is -2.18. The molecular weight excluding hydrogens is 164 g/mol. The average Bonchev–Trinajstić information content (AvgIpc) is 2.44. The maximum absolute atomic E-state index is 11.6. The molecule has 1 amide bonds. The van der Waals surface area contributed by atoms with Crippen LogP contribution in [0.15, 0.2) is 11.6 Å². The first kappa shape index (κ1) is 8.75. The summed E-state index contributed by atoms with van der Waals surface area (Å²) in [4.78, 5) is 13.4. The summed E-state index contributed by atoms with van der Waals surface area (Å²) < 4.78 is 0. The number of likely N-dealkylation sites (tertiary alicyclic amines) is 1. The van der Waals surface area contributed by atoms with Gasteiger partial charge in [-0.15, -0.1) is 0 Å². The third-order valence-electron chi connectivity index (χ3n) is 2.86. The van der Waals surface area contributed by atoms with E-state index in [4.69, 9.17) is 5.73 Å². The SMILES string of the molecule is N[C@H]1CCN(C(=O)C=C2CCC2)C1. The van der Waals surface area contributed by atoms with Gasteiger partial charge < -0.3 is 10.6 Å². The van der Waals surface area contributed by atoms with Gasteiger partial charge in [-0.2, -0.15) is 0 Å². The van der Waals surface area contributed by atoms with Gasteiger partial charge in [0.05, 0.1) is 0 Å². The first-order valence-corrected chi connectivity index (χ1v) is 4.99. The maximum atomic E-state index is 11.6. The Morgan fingerprint density at radius 3 is 2.77 bits per heavy atom. The lowest BCUT2D eigenvalue weighted by molar-refractivity contribution is -0.125. The molecule has 13 heavy (non-hydrogen) atoms. The number of rotatable bonds is 1. The molecule has 0 unspecified atom stereocenters. The number of hydrogen-bond donors (Lipinski definition) is 1. The largest absolute Gasteiger partial charge is 0.338 e. The molecule has 2 aliphatic rings. The topological polar surface area (TPSA) is 46.3 Å². The second-order valence-electron chi connectivity index (χ2n) is 3.99. The highest BCUT2D eigenvalue weighted by Crippen LogP contribution is 2.25. The van der Waals surface area contributed by atoms with Gasteiger partial charge in [-0.05, 0) is 25.7 Å². The van der Waals surface area contributed by atoms with Crippen LogP contribution in [0.4, 0.5) is 0 Å². The molecule has 0 bridgehead atoms. The van der Waals surface area contributed by atoms with Gasteiger partial charge in [0.15, 0.2) is 0 Å². The van der Waals surface area contributed by atoms with Gasteiger partial charge in [-0.1, -0.05) is 5.57 Å². The van der Waals surface area contributed by atoms with Crippen LogP contribution in [0.3, 0.4) is 0 Å². The monoisotopic (exact) mass is 180 g/mol. The molecule has 72 valence electrons. The lowest BCUT2D eigenvalue weighted by atomic mass is 9.92. The minimum Gasteiger partial charge on any atom is -0.338 e. The number of hydrogen-bond acceptors (Lipinski definition) is 2. The maximum Gasteiger partial charge on any atom is 0.246 e. The highest BCUT2D eigenvalue weighted by atomic mass is 16.2. The van der Waals surface area contributed by atoms with E-state index in [1.807, 2.05) is 11.0 Å². The van der Waals surface area contributed by atoms with E-state index in [1.165, 1.54) is 12.0 Å². The normalized spacial score (nSPS) is 27.3. The molecule has 3 heteroatoms. The van der Waals surface area contributed by atoms with Crippen LogP contribution in [-0.2, 0) is 4.79 Å². The molecule has 0 spiro atoms. The summed E-state index contributed by atoms with van der Waals surface area (Å²) in [7, 11) is 0. The van der Waals surface area contributed by atoms with Crippen molar-refractivity contribution in [3.05, 3.63) is 11.6 Å². The van der Waals surface area contributed by atoms with Crippen molar-refractivity contribution in [2.24, 2.45) is 5.73 Å². The number of carbonyl (C=O) groups is 1. The van der Waals surface area contributed by atoms with E-state index in [1.54, 1.807) is 0 Å². The Morgan fingerprint density at radius 2 is 2.31 bits per heavy atom. The molecular formula is C10H16N2O. The van der Waals surface area contributed by atoms with Crippen LogP contribution in [0, 0.1) is 0 Å². The predicted molar refractivity (Wildman–Crippen MR) is 51.1 cm³/mol. The predicted octanol–water partition coefficient (Wildman–Crippen LogP) is 0.656. The van der Waals surface area contributed by atoms with Crippen molar-refractivity contribution < 1.29 is 4.79 Å². The molecule has 1 heterocycles. The molecule has 2 rings (SSSR count). The number of allylic oxidation sites excluding steroid dienone is 1. The van der Waals surface area contributed by atoms with Crippen molar-refractivity contribution in [3.8, 4) is 0 Å².